The maximum absolute atomic E-state index is 14.0. The van der Waals surface area contributed by atoms with Crippen LogP contribution in [0.15, 0.2) is 47.4 Å². The van der Waals surface area contributed by atoms with Gasteiger partial charge < -0.3 is 9.64 Å². The molecule has 178 valence electrons. The second-order valence-electron chi connectivity index (χ2n) is 8.53. The monoisotopic (exact) mass is 478 g/mol. The Morgan fingerprint density at radius 2 is 1.73 bits per heavy atom. The van der Waals surface area contributed by atoms with E-state index in [1.165, 1.54) is 12.8 Å². The lowest BCUT2D eigenvalue weighted by atomic mass is 10.1. The molecule has 1 saturated heterocycles. The van der Waals surface area contributed by atoms with Crippen molar-refractivity contribution in [1.82, 2.24) is 9.21 Å². The number of nitrogens with zero attached hydrogens (tertiary/aromatic N) is 2. The molecule has 2 aromatic carbocycles. The molecular weight excluding hydrogens is 450 g/mol. The number of benzene rings is 2. The third-order valence-electron chi connectivity index (χ3n) is 6.23. The van der Waals surface area contributed by atoms with Crippen molar-refractivity contribution in [3.8, 4) is 5.75 Å². The molecule has 1 aliphatic carbocycles. The van der Waals surface area contributed by atoms with E-state index >= 15 is 0 Å². The van der Waals surface area contributed by atoms with Crippen LogP contribution >= 0.6 is 0 Å². The maximum atomic E-state index is 14.0. The van der Waals surface area contributed by atoms with Gasteiger partial charge in [0.15, 0.2) is 0 Å². The summed E-state index contributed by atoms with van der Waals surface area (Å²) in [5, 5.41) is 0. The molecule has 2 aliphatic rings. The van der Waals surface area contributed by atoms with Crippen LogP contribution in [-0.4, -0.2) is 55.8 Å². The molecule has 0 N–H and O–H groups in total. The Bertz CT molecular complexity index is 1100. The summed E-state index contributed by atoms with van der Waals surface area (Å²) in [5.74, 6) is -1.18. The third-order valence-corrected chi connectivity index (χ3v) is 8.17. The molecule has 0 atom stereocenters. The van der Waals surface area contributed by atoms with Crippen LogP contribution in [0.1, 0.15) is 37.7 Å². The Morgan fingerprint density at radius 1 is 1.00 bits per heavy atom. The van der Waals surface area contributed by atoms with Crippen molar-refractivity contribution in [2.45, 2.75) is 49.5 Å². The van der Waals surface area contributed by atoms with Gasteiger partial charge in [0.2, 0.25) is 15.9 Å². The maximum Gasteiger partial charge on any atom is 0.246 e. The summed E-state index contributed by atoms with van der Waals surface area (Å²) in [7, 11) is -4.09. The van der Waals surface area contributed by atoms with Gasteiger partial charge in [0.1, 0.15) is 22.3 Å². The lowest BCUT2D eigenvalue weighted by Gasteiger charge is -2.34. The Morgan fingerprint density at radius 3 is 2.42 bits per heavy atom. The van der Waals surface area contributed by atoms with Crippen LogP contribution in [0.25, 0.3) is 0 Å². The van der Waals surface area contributed by atoms with E-state index in [1.807, 2.05) is 24.3 Å². The number of carbonyl (C=O) groups is 1. The lowest BCUT2D eigenvalue weighted by Crippen LogP contribution is -2.50. The van der Waals surface area contributed by atoms with Gasteiger partial charge in [-0.05, 0) is 61.9 Å². The topological polar surface area (TPSA) is 66.9 Å². The van der Waals surface area contributed by atoms with E-state index in [0.717, 1.165) is 40.6 Å². The number of hydrogen-bond donors (Lipinski definition) is 0. The van der Waals surface area contributed by atoms with Crippen molar-refractivity contribution >= 4 is 15.9 Å². The van der Waals surface area contributed by atoms with E-state index in [0.29, 0.717) is 18.9 Å². The fourth-order valence-electron chi connectivity index (χ4n) is 4.38. The highest BCUT2D eigenvalue weighted by atomic mass is 32.2. The summed E-state index contributed by atoms with van der Waals surface area (Å²) in [6, 6.07) is 10.2. The number of sulfonamides is 1. The number of rotatable bonds is 7. The molecule has 0 bridgehead atoms. The predicted molar refractivity (Wildman–Crippen MR) is 119 cm³/mol. The number of aryl methyl sites for hydroxylation is 1. The van der Waals surface area contributed by atoms with E-state index in [1.54, 1.807) is 4.90 Å². The molecule has 2 aromatic rings. The minimum absolute atomic E-state index is 0.0536. The number of halogens is 2. The van der Waals surface area contributed by atoms with Gasteiger partial charge in [0.05, 0.1) is 6.10 Å². The second kappa shape index (κ2) is 10.2. The van der Waals surface area contributed by atoms with Crippen molar-refractivity contribution < 1.29 is 26.7 Å². The molecule has 6 nitrogen and oxygen atoms in total. The standard InChI is InChI=1S/C24H28F2N2O4S/c25-19-9-10-23(22(26)17-19)33(30,31)28-14-12-27(13-15-28)24(29)11-8-18-4-3-7-21(16-18)32-20-5-1-2-6-20/h3-4,7,9-10,16-17,20H,1-2,5-6,8,11-15H2. The van der Waals surface area contributed by atoms with Gasteiger partial charge in [0.25, 0.3) is 0 Å². The van der Waals surface area contributed by atoms with Gasteiger partial charge in [-0.2, -0.15) is 4.31 Å². The van der Waals surface area contributed by atoms with Crippen LogP contribution in [0.4, 0.5) is 8.78 Å². The lowest BCUT2D eigenvalue weighted by molar-refractivity contribution is -0.132. The van der Waals surface area contributed by atoms with Crippen LogP contribution < -0.4 is 4.74 Å². The highest BCUT2D eigenvalue weighted by Gasteiger charge is 2.32. The average Bonchev–Trinajstić information content (AvgIpc) is 3.30. The number of piperazine rings is 1. The minimum atomic E-state index is -4.09. The molecule has 4 rings (SSSR count). The minimum Gasteiger partial charge on any atom is -0.490 e. The molecule has 33 heavy (non-hydrogen) atoms. The van der Waals surface area contributed by atoms with E-state index in [2.05, 4.69) is 0 Å². The molecular formula is C24H28F2N2O4S. The summed E-state index contributed by atoms with van der Waals surface area (Å²) in [4.78, 5) is 13.8. The van der Waals surface area contributed by atoms with E-state index < -0.39 is 26.6 Å². The molecule has 0 aromatic heterocycles. The summed E-state index contributed by atoms with van der Waals surface area (Å²) in [6.07, 6.45) is 5.72. The van der Waals surface area contributed by atoms with Crippen molar-refractivity contribution in [2.75, 3.05) is 26.2 Å². The van der Waals surface area contributed by atoms with Crippen molar-refractivity contribution in [3.05, 3.63) is 59.7 Å². The van der Waals surface area contributed by atoms with Gasteiger partial charge in [-0.15, -0.1) is 0 Å². The quantitative estimate of drug-likeness (QED) is 0.608. The van der Waals surface area contributed by atoms with Crippen LogP contribution in [0.3, 0.4) is 0 Å². The van der Waals surface area contributed by atoms with Crippen LogP contribution in [0.5, 0.6) is 5.75 Å². The first-order chi connectivity index (χ1) is 15.8. The Balaban J connectivity index is 1.29. The summed E-state index contributed by atoms with van der Waals surface area (Å²) in [5.41, 5.74) is 1.02. The molecule has 1 heterocycles. The highest BCUT2D eigenvalue weighted by molar-refractivity contribution is 7.89. The van der Waals surface area contributed by atoms with Crippen LogP contribution in [0.2, 0.25) is 0 Å². The fourth-order valence-corrected chi connectivity index (χ4v) is 5.85. The number of carbonyl (C=O) groups excluding carboxylic acids is 1. The summed E-state index contributed by atoms with van der Waals surface area (Å²) < 4.78 is 59.7. The zero-order valence-corrected chi connectivity index (χ0v) is 19.2. The molecule has 0 radical (unpaired) electrons. The average molecular weight is 479 g/mol. The molecule has 2 fully saturated rings. The molecule has 1 saturated carbocycles. The third kappa shape index (κ3) is 5.70. The largest absolute Gasteiger partial charge is 0.490 e. The van der Waals surface area contributed by atoms with E-state index in [-0.39, 0.29) is 38.2 Å². The Kier molecular flexibility index (Phi) is 7.29. The van der Waals surface area contributed by atoms with Gasteiger partial charge >= 0.3 is 0 Å². The molecule has 0 spiro atoms. The van der Waals surface area contributed by atoms with Gasteiger partial charge in [-0.1, -0.05) is 12.1 Å². The number of ether oxygens (including phenoxy) is 1. The van der Waals surface area contributed by atoms with E-state index in [9.17, 15) is 22.0 Å². The predicted octanol–water partition coefficient (Wildman–Crippen LogP) is 3.75. The first-order valence-electron chi connectivity index (χ1n) is 11.3. The highest BCUT2D eigenvalue weighted by Crippen LogP contribution is 2.25. The molecule has 9 heteroatoms. The number of amides is 1. The van der Waals surface area contributed by atoms with E-state index in [4.69, 9.17) is 4.74 Å². The normalized spacial score (nSPS) is 17.9. The van der Waals surface area contributed by atoms with Crippen molar-refractivity contribution in [1.29, 1.82) is 0 Å². The SMILES string of the molecule is O=C(CCc1cccc(OC2CCCC2)c1)N1CCN(S(=O)(=O)c2ccc(F)cc2F)CC1. The smallest absolute Gasteiger partial charge is 0.246 e. The zero-order valence-electron chi connectivity index (χ0n) is 18.4. The van der Waals surface area contributed by atoms with Gasteiger partial charge in [-0.25, -0.2) is 17.2 Å². The first-order valence-corrected chi connectivity index (χ1v) is 12.8. The van der Waals surface area contributed by atoms with Crippen LogP contribution in [-0.2, 0) is 21.2 Å². The van der Waals surface area contributed by atoms with Crippen molar-refractivity contribution in [3.63, 3.8) is 0 Å². The molecule has 1 aliphatic heterocycles. The summed E-state index contributed by atoms with van der Waals surface area (Å²) >= 11 is 0. The fraction of sp³-hybridized carbons (Fsp3) is 0.458. The first kappa shape index (κ1) is 23.6. The van der Waals surface area contributed by atoms with Crippen molar-refractivity contribution in [2.24, 2.45) is 0 Å². The summed E-state index contributed by atoms with van der Waals surface area (Å²) in [6.45, 7) is 0.586. The Hall–Kier alpha value is -2.52. The van der Waals surface area contributed by atoms with Crippen LogP contribution in [0, 0.1) is 11.6 Å². The zero-order chi connectivity index (χ0) is 23.4. The number of hydrogen-bond acceptors (Lipinski definition) is 4. The molecule has 0 unspecified atom stereocenters. The van der Waals surface area contributed by atoms with Gasteiger partial charge in [-0.3, -0.25) is 4.79 Å². The van der Waals surface area contributed by atoms with Gasteiger partial charge in [0, 0.05) is 38.7 Å². The Labute approximate surface area is 193 Å². The molecule has 1 amide bonds. The second-order valence-corrected chi connectivity index (χ2v) is 10.4.